The standard InChI is InChI=1S/C30H39NO3/c1-8-26(31-28(33)24-15-14-21-11-9-10-12-23(21)27(24)32)34-25-16-13-20(18-29(2,3)4)17-22(25)19-30(5,6)7/h9-17,26,32H,8,18-19H2,1-7H3,(H,31,33). The molecular formula is C30H39NO3. The molecule has 34 heavy (non-hydrogen) atoms. The fourth-order valence-corrected chi connectivity index (χ4v) is 4.21. The number of rotatable bonds is 7. The third kappa shape index (κ3) is 6.75. The lowest BCUT2D eigenvalue weighted by Crippen LogP contribution is -2.39. The number of carbonyl (C=O) groups excluding carboxylic acids is 1. The molecular weight excluding hydrogens is 422 g/mol. The molecule has 0 saturated carbocycles. The number of nitrogens with one attached hydrogen (secondary N) is 1. The average Bonchev–Trinajstić information content (AvgIpc) is 2.73. The summed E-state index contributed by atoms with van der Waals surface area (Å²) >= 11 is 0. The van der Waals surface area contributed by atoms with Gasteiger partial charge in [-0.05, 0) is 52.3 Å². The van der Waals surface area contributed by atoms with E-state index in [2.05, 4.69) is 59.0 Å². The summed E-state index contributed by atoms with van der Waals surface area (Å²) in [6.45, 7) is 15.4. The van der Waals surface area contributed by atoms with Crippen molar-refractivity contribution in [2.24, 2.45) is 10.8 Å². The summed E-state index contributed by atoms with van der Waals surface area (Å²) in [5.74, 6) is 0.435. The molecule has 0 bridgehead atoms. The largest absolute Gasteiger partial charge is 0.506 e. The summed E-state index contributed by atoms with van der Waals surface area (Å²) in [4.78, 5) is 13.0. The summed E-state index contributed by atoms with van der Waals surface area (Å²) in [6.07, 6.45) is 1.94. The van der Waals surface area contributed by atoms with E-state index in [0.717, 1.165) is 29.5 Å². The molecule has 1 unspecified atom stereocenters. The Morgan fingerprint density at radius 3 is 2.26 bits per heavy atom. The van der Waals surface area contributed by atoms with Crippen LogP contribution in [-0.4, -0.2) is 17.2 Å². The molecule has 0 aromatic heterocycles. The summed E-state index contributed by atoms with van der Waals surface area (Å²) < 4.78 is 6.33. The van der Waals surface area contributed by atoms with Crippen LogP contribution in [0.2, 0.25) is 0 Å². The van der Waals surface area contributed by atoms with Crippen LogP contribution in [-0.2, 0) is 12.8 Å². The SMILES string of the molecule is CCC(NC(=O)c1ccc2ccccc2c1O)Oc1ccc(CC(C)(C)C)cc1CC(C)(C)C. The molecule has 1 amide bonds. The minimum absolute atomic E-state index is 0.00888. The highest BCUT2D eigenvalue weighted by atomic mass is 16.5. The Kier molecular flexibility index (Phi) is 7.60. The Labute approximate surface area is 204 Å². The van der Waals surface area contributed by atoms with Gasteiger partial charge < -0.3 is 15.2 Å². The normalized spacial score (nSPS) is 13.0. The van der Waals surface area contributed by atoms with Gasteiger partial charge in [-0.2, -0.15) is 0 Å². The van der Waals surface area contributed by atoms with Crippen molar-refractivity contribution in [1.82, 2.24) is 5.32 Å². The van der Waals surface area contributed by atoms with Crippen LogP contribution in [0.1, 0.15) is 76.4 Å². The van der Waals surface area contributed by atoms with Gasteiger partial charge in [-0.1, -0.05) is 90.9 Å². The van der Waals surface area contributed by atoms with Crippen molar-refractivity contribution in [1.29, 1.82) is 0 Å². The highest BCUT2D eigenvalue weighted by molar-refractivity contribution is 6.03. The van der Waals surface area contributed by atoms with Gasteiger partial charge in [0, 0.05) is 11.8 Å². The molecule has 0 saturated heterocycles. The molecule has 0 aliphatic heterocycles. The predicted molar refractivity (Wildman–Crippen MR) is 141 cm³/mol. The molecule has 0 aliphatic rings. The number of hydrogen-bond donors (Lipinski definition) is 2. The molecule has 0 aliphatic carbocycles. The van der Waals surface area contributed by atoms with E-state index in [-0.39, 0.29) is 28.1 Å². The molecule has 182 valence electrons. The van der Waals surface area contributed by atoms with Crippen LogP contribution < -0.4 is 10.1 Å². The minimum Gasteiger partial charge on any atom is -0.506 e. The monoisotopic (exact) mass is 461 g/mol. The topological polar surface area (TPSA) is 58.6 Å². The minimum atomic E-state index is -0.509. The average molecular weight is 462 g/mol. The van der Waals surface area contributed by atoms with Gasteiger partial charge in [-0.15, -0.1) is 0 Å². The van der Waals surface area contributed by atoms with E-state index in [1.165, 1.54) is 5.56 Å². The summed E-state index contributed by atoms with van der Waals surface area (Å²) in [5.41, 5.74) is 2.98. The zero-order valence-corrected chi connectivity index (χ0v) is 21.7. The quantitative estimate of drug-likeness (QED) is 0.364. The number of phenolic OH excluding ortho intramolecular Hbond substituents is 1. The lowest BCUT2D eigenvalue weighted by molar-refractivity contribution is 0.0817. The fourth-order valence-electron chi connectivity index (χ4n) is 4.21. The van der Waals surface area contributed by atoms with Crippen molar-refractivity contribution in [3.63, 3.8) is 0 Å². The first-order chi connectivity index (χ1) is 15.9. The third-order valence-corrected chi connectivity index (χ3v) is 5.66. The van der Waals surface area contributed by atoms with E-state index in [9.17, 15) is 9.90 Å². The van der Waals surface area contributed by atoms with Crippen molar-refractivity contribution in [2.45, 2.75) is 74.0 Å². The Morgan fingerprint density at radius 1 is 0.941 bits per heavy atom. The second-order valence-electron chi connectivity index (χ2n) is 11.6. The molecule has 0 heterocycles. The van der Waals surface area contributed by atoms with Crippen molar-refractivity contribution >= 4 is 16.7 Å². The highest BCUT2D eigenvalue weighted by Gasteiger charge is 2.22. The Hall–Kier alpha value is -3.01. The van der Waals surface area contributed by atoms with E-state index in [0.29, 0.717) is 11.8 Å². The van der Waals surface area contributed by atoms with E-state index >= 15 is 0 Å². The van der Waals surface area contributed by atoms with Crippen molar-refractivity contribution in [3.05, 3.63) is 71.3 Å². The third-order valence-electron chi connectivity index (χ3n) is 5.66. The summed E-state index contributed by atoms with van der Waals surface area (Å²) in [6, 6.07) is 17.4. The number of phenols is 1. The van der Waals surface area contributed by atoms with Gasteiger partial charge in [0.25, 0.3) is 5.91 Å². The smallest absolute Gasteiger partial charge is 0.257 e. The summed E-state index contributed by atoms with van der Waals surface area (Å²) in [7, 11) is 0. The number of hydrogen-bond acceptors (Lipinski definition) is 3. The van der Waals surface area contributed by atoms with Crippen molar-refractivity contribution < 1.29 is 14.6 Å². The molecule has 0 radical (unpaired) electrons. The van der Waals surface area contributed by atoms with Gasteiger partial charge in [0.2, 0.25) is 0 Å². The van der Waals surface area contributed by atoms with Crippen LogP contribution in [0.25, 0.3) is 10.8 Å². The first-order valence-corrected chi connectivity index (χ1v) is 12.2. The Balaban J connectivity index is 1.84. The number of carbonyl (C=O) groups is 1. The van der Waals surface area contributed by atoms with Crippen molar-refractivity contribution in [3.8, 4) is 11.5 Å². The molecule has 3 aromatic carbocycles. The maximum absolute atomic E-state index is 13.0. The van der Waals surface area contributed by atoms with Gasteiger partial charge in [-0.25, -0.2) is 0 Å². The lowest BCUT2D eigenvalue weighted by atomic mass is 9.84. The van der Waals surface area contributed by atoms with Gasteiger partial charge >= 0.3 is 0 Å². The van der Waals surface area contributed by atoms with E-state index in [1.807, 2.05) is 43.3 Å². The highest BCUT2D eigenvalue weighted by Crippen LogP contribution is 2.32. The predicted octanol–water partition coefficient (Wildman–Crippen LogP) is 7.27. The number of aromatic hydroxyl groups is 1. The first-order valence-electron chi connectivity index (χ1n) is 12.2. The molecule has 3 rings (SSSR count). The molecule has 0 fully saturated rings. The molecule has 4 heteroatoms. The van der Waals surface area contributed by atoms with E-state index < -0.39 is 6.23 Å². The molecule has 4 nitrogen and oxygen atoms in total. The number of fused-ring (bicyclic) bond motifs is 1. The first kappa shape index (κ1) is 25.6. The summed E-state index contributed by atoms with van der Waals surface area (Å²) in [5, 5.41) is 15.2. The van der Waals surface area contributed by atoms with Crippen LogP contribution in [0.5, 0.6) is 11.5 Å². The molecule has 3 aromatic rings. The van der Waals surface area contributed by atoms with Gasteiger partial charge in [0.05, 0.1) is 5.56 Å². The van der Waals surface area contributed by atoms with Crippen LogP contribution >= 0.6 is 0 Å². The molecule has 2 N–H and O–H groups in total. The van der Waals surface area contributed by atoms with Gasteiger partial charge in [0.1, 0.15) is 11.5 Å². The van der Waals surface area contributed by atoms with Gasteiger partial charge in [0.15, 0.2) is 6.23 Å². The van der Waals surface area contributed by atoms with Crippen LogP contribution in [0.15, 0.2) is 54.6 Å². The zero-order valence-electron chi connectivity index (χ0n) is 21.7. The van der Waals surface area contributed by atoms with E-state index in [1.54, 1.807) is 6.07 Å². The number of benzene rings is 3. The number of ether oxygens (including phenoxy) is 1. The fraction of sp³-hybridized carbons (Fsp3) is 0.433. The Bertz CT molecular complexity index is 1150. The lowest BCUT2D eigenvalue weighted by Gasteiger charge is -2.26. The van der Waals surface area contributed by atoms with Crippen LogP contribution in [0.4, 0.5) is 0 Å². The zero-order chi connectivity index (χ0) is 25.1. The van der Waals surface area contributed by atoms with Gasteiger partial charge in [-0.3, -0.25) is 4.79 Å². The Morgan fingerprint density at radius 2 is 1.62 bits per heavy atom. The number of amides is 1. The second-order valence-corrected chi connectivity index (χ2v) is 11.6. The molecule has 0 spiro atoms. The van der Waals surface area contributed by atoms with Crippen LogP contribution in [0, 0.1) is 10.8 Å². The molecule has 1 atom stereocenters. The second kappa shape index (κ2) is 10.1. The van der Waals surface area contributed by atoms with E-state index in [4.69, 9.17) is 4.74 Å². The maximum atomic E-state index is 13.0. The van der Waals surface area contributed by atoms with Crippen LogP contribution in [0.3, 0.4) is 0 Å². The van der Waals surface area contributed by atoms with Crippen molar-refractivity contribution in [2.75, 3.05) is 0 Å². The maximum Gasteiger partial charge on any atom is 0.257 e.